The van der Waals surface area contributed by atoms with E-state index in [1.165, 1.54) is 30.7 Å². The molecule has 0 unspecified atom stereocenters. The zero-order valence-corrected chi connectivity index (χ0v) is 15.2. The van der Waals surface area contributed by atoms with Gasteiger partial charge in [-0.1, -0.05) is 6.07 Å². The lowest BCUT2D eigenvalue weighted by Crippen LogP contribution is -2.33. The number of hydrogen-bond acceptors (Lipinski definition) is 6. The Kier molecular flexibility index (Phi) is 5.01. The monoisotopic (exact) mass is 384 g/mol. The Morgan fingerprint density at radius 3 is 2.89 bits per heavy atom. The van der Waals surface area contributed by atoms with E-state index in [1.54, 1.807) is 23.1 Å². The number of hydrogen-bond donors (Lipinski definition) is 1. The van der Waals surface area contributed by atoms with Crippen molar-refractivity contribution in [1.29, 1.82) is 0 Å². The van der Waals surface area contributed by atoms with Crippen molar-refractivity contribution < 1.29 is 9.18 Å². The molecule has 27 heavy (non-hydrogen) atoms. The topological polar surface area (TPSA) is 75.9 Å². The predicted octanol–water partition coefficient (Wildman–Crippen LogP) is 2.61. The molecule has 1 fully saturated rings. The number of halogens is 1. The number of carbonyl (C=O) groups excluding carboxylic acids is 1. The lowest BCUT2D eigenvalue weighted by Gasteiger charge is -2.29. The molecule has 1 saturated heterocycles. The van der Waals surface area contributed by atoms with Gasteiger partial charge in [0.1, 0.15) is 17.8 Å². The maximum absolute atomic E-state index is 13.3. The van der Waals surface area contributed by atoms with Crippen LogP contribution in [0.5, 0.6) is 0 Å². The van der Waals surface area contributed by atoms with Gasteiger partial charge < -0.3 is 10.2 Å². The second-order valence-corrected chi connectivity index (χ2v) is 7.19. The van der Waals surface area contributed by atoms with Gasteiger partial charge in [0, 0.05) is 30.2 Å². The van der Waals surface area contributed by atoms with Crippen molar-refractivity contribution >= 4 is 29.0 Å². The fraction of sp³-hybridized carbons (Fsp3) is 0.222. The van der Waals surface area contributed by atoms with E-state index in [9.17, 15) is 9.18 Å². The Morgan fingerprint density at radius 2 is 2.07 bits per heavy atom. The summed E-state index contributed by atoms with van der Waals surface area (Å²) >= 11 is 1.93. The molecule has 3 heterocycles. The van der Waals surface area contributed by atoms with E-state index < -0.39 is 11.7 Å². The first-order valence-electron chi connectivity index (χ1n) is 8.45. The Balaban J connectivity index is 1.55. The minimum atomic E-state index is -0.455. The number of nitrogens with one attached hydrogen (secondary N) is 1. The summed E-state index contributed by atoms with van der Waals surface area (Å²) in [5, 5.41) is 7.04. The van der Waals surface area contributed by atoms with Crippen LogP contribution < -0.4 is 10.2 Å². The molecule has 1 aliphatic rings. The van der Waals surface area contributed by atoms with Gasteiger partial charge in [0.2, 0.25) is 0 Å². The molecule has 2 aromatic heterocycles. The van der Waals surface area contributed by atoms with Gasteiger partial charge in [-0.15, -0.1) is 0 Å². The standard InChI is InChI=1S/C18H17FN6OS/c19-14-3-1-2-13(8-14)18(26)23-15-9-22-25(11-15)17-16(10-20-12-21-17)24-4-6-27-7-5-24/h1-3,8-12H,4-7H2,(H,23,26). The summed E-state index contributed by atoms with van der Waals surface area (Å²) in [6.07, 6.45) is 6.48. The van der Waals surface area contributed by atoms with Gasteiger partial charge >= 0.3 is 0 Å². The van der Waals surface area contributed by atoms with Gasteiger partial charge in [0.05, 0.1) is 24.3 Å². The zero-order valence-electron chi connectivity index (χ0n) is 14.4. The summed E-state index contributed by atoms with van der Waals surface area (Å²) < 4.78 is 14.9. The van der Waals surface area contributed by atoms with Gasteiger partial charge in [0.25, 0.3) is 5.91 Å². The van der Waals surface area contributed by atoms with E-state index in [2.05, 4.69) is 25.3 Å². The molecule has 9 heteroatoms. The minimum absolute atomic E-state index is 0.247. The zero-order chi connectivity index (χ0) is 18.6. The maximum atomic E-state index is 13.3. The molecule has 0 aliphatic carbocycles. The van der Waals surface area contributed by atoms with Crippen LogP contribution in [-0.4, -0.2) is 50.3 Å². The molecule has 0 spiro atoms. The Labute approximate surface area is 159 Å². The van der Waals surface area contributed by atoms with Crippen LogP contribution in [0.1, 0.15) is 10.4 Å². The van der Waals surface area contributed by atoms with Crippen LogP contribution in [0.4, 0.5) is 15.8 Å². The van der Waals surface area contributed by atoms with E-state index in [-0.39, 0.29) is 5.56 Å². The smallest absolute Gasteiger partial charge is 0.255 e. The highest BCUT2D eigenvalue weighted by Crippen LogP contribution is 2.24. The SMILES string of the molecule is O=C(Nc1cnn(-c2ncncc2N2CCSCC2)c1)c1cccc(F)c1. The molecule has 7 nitrogen and oxygen atoms in total. The van der Waals surface area contributed by atoms with Gasteiger partial charge in [-0.25, -0.2) is 19.0 Å². The lowest BCUT2D eigenvalue weighted by molar-refractivity contribution is 0.102. The van der Waals surface area contributed by atoms with Crippen molar-refractivity contribution in [2.24, 2.45) is 0 Å². The van der Waals surface area contributed by atoms with Gasteiger partial charge in [-0.2, -0.15) is 16.9 Å². The van der Waals surface area contributed by atoms with Crippen LogP contribution >= 0.6 is 11.8 Å². The Bertz CT molecular complexity index is 956. The molecule has 0 atom stereocenters. The summed E-state index contributed by atoms with van der Waals surface area (Å²) in [7, 11) is 0. The number of carbonyl (C=O) groups is 1. The number of thioether (sulfide) groups is 1. The van der Waals surface area contributed by atoms with Crippen molar-refractivity contribution in [1.82, 2.24) is 19.7 Å². The lowest BCUT2D eigenvalue weighted by atomic mass is 10.2. The van der Waals surface area contributed by atoms with E-state index in [1.807, 2.05) is 11.8 Å². The van der Waals surface area contributed by atoms with Crippen LogP contribution in [0.3, 0.4) is 0 Å². The van der Waals surface area contributed by atoms with Crippen molar-refractivity contribution in [2.45, 2.75) is 0 Å². The molecule has 0 radical (unpaired) electrons. The van der Waals surface area contributed by atoms with Crippen LogP contribution in [0.2, 0.25) is 0 Å². The molecular weight excluding hydrogens is 367 g/mol. The van der Waals surface area contributed by atoms with Crippen molar-refractivity contribution in [3.8, 4) is 5.82 Å². The third-order valence-corrected chi connectivity index (χ3v) is 5.11. The van der Waals surface area contributed by atoms with Gasteiger partial charge in [-0.05, 0) is 18.2 Å². The summed E-state index contributed by atoms with van der Waals surface area (Å²) in [4.78, 5) is 23.0. The fourth-order valence-electron chi connectivity index (χ4n) is 2.86. The molecular formula is C18H17FN6OS. The van der Waals surface area contributed by atoms with E-state index in [0.717, 1.165) is 30.3 Å². The summed E-state index contributed by atoms with van der Waals surface area (Å²) in [6.45, 7) is 1.85. The second kappa shape index (κ2) is 7.75. The minimum Gasteiger partial charge on any atom is -0.366 e. The Morgan fingerprint density at radius 1 is 1.22 bits per heavy atom. The number of benzene rings is 1. The number of aromatic nitrogens is 4. The summed E-state index contributed by atoms with van der Waals surface area (Å²) in [5.74, 6) is 1.92. The van der Waals surface area contributed by atoms with Crippen LogP contribution in [0, 0.1) is 5.82 Å². The first kappa shape index (κ1) is 17.5. The first-order chi connectivity index (χ1) is 13.2. The van der Waals surface area contributed by atoms with Crippen molar-refractivity contribution in [3.05, 3.63) is 60.6 Å². The molecule has 4 rings (SSSR count). The van der Waals surface area contributed by atoms with Crippen LogP contribution in [0.15, 0.2) is 49.2 Å². The van der Waals surface area contributed by atoms with E-state index in [4.69, 9.17) is 0 Å². The largest absolute Gasteiger partial charge is 0.366 e. The highest BCUT2D eigenvalue weighted by Gasteiger charge is 2.18. The molecule has 1 N–H and O–H groups in total. The average molecular weight is 384 g/mol. The number of rotatable bonds is 4. The molecule has 138 valence electrons. The summed E-state index contributed by atoms with van der Waals surface area (Å²) in [6, 6.07) is 5.54. The number of nitrogens with zero attached hydrogens (tertiary/aromatic N) is 5. The molecule has 1 aliphatic heterocycles. The molecule has 0 bridgehead atoms. The fourth-order valence-corrected chi connectivity index (χ4v) is 3.76. The molecule has 1 amide bonds. The normalized spacial score (nSPS) is 14.2. The summed E-state index contributed by atoms with van der Waals surface area (Å²) in [5.41, 5.74) is 1.66. The number of amides is 1. The Hall–Kier alpha value is -2.94. The highest BCUT2D eigenvalue weighted by molar-refractivity contribution is 7.99. The molecule has 3 aromatic rings. The number of anilines is 2. The first-order valence-corrected chi connectivity index (χ1v) is 9.61. The van der Waals surface area contributed by atoms with Gasteiger partial charge in [-0.3, -0.25) is 4.79 Å². The maximum Gasteiger partial charge on any atom is 0.255 e. The highest BCUT2D eigenvalue weighted by atomic mass is 32.2. The molecule has 0 saturated carbocycles. The van der Waals surface area contributed by atoms with Crippen molar-refractivity contribution in [2.75, 3.05) is 34.8 Å². The van der Waals surface area contributed by atoms with Gasteiger partial charge in [0.15, 0.2) is 5.82 Å². The van der Waals surface area contributed by atoms with Crippen LogP contribution in [-0.2, 0) is 0 Å². The van der Waals surface area contributed by atoms with Crippen LogP contribution in [0.25, 0.3) is 5.82 Å². The van der Waals surface area contributed by atoms with Crippen molar-refractivity contribution in [3.63, 3.8) is 0 Å². The quantitative estimate of drug-likeness (QED) is 0.745. The van der Waals surface area contributed by atoms with E-state index >= 15 is 0 Å². The second-order valence-electron chi connectivity index (χ2n) is 5.97. The third-order valence-electron chi connectivity index (χ3n) is 4.17. The predicted molar refractivity (Wildman–Crippen MR) is 103 cm³/mol. The third kappa shape index (κ3) is 3.92. The average Bonchev–Trinajstić information content (AvgIpc) is 3.17. The van der Waals surface area contributed by atoms with E-state index in [0.29, 0.717) is 11.5 Å². The molecule has 1 aromatic carbocycles.